The standard InChI is InChI=1S/C31H32F6N2O4S/c1-16-11-18(32)7-10-26(16)43-27-14-20(17-5-6-17)23(31(35,36)37)13-22(27)29(41)38-19-8-9-24(33)21(12-19)28(25(34)15-40)39-44(42)30(2,3)4/h7-14,17,25,28,39-40H,5-6,15H2,1-4H3,(H,38,41). The molecule has 0 heterocycles. The number of hydrogen-bond acceptors (Lipinski definition) is 5. The Morgan fingerprint density at radius 1 is 1.07 bits per heavy atom. The average Bonchev–Trinajstić information content (AvgIpc) is 3.78. The van der Waals surface area contributed by atoms with Gasteiger partial charge in [0.1, 0.15) is 40.1 Å². The molecule has 0 radical (unpaired) electrons. The fourth-order valence-corrected chi connectivity index (χ4v) is 5.33. The van der Waals surface area contributed by atoms with Gasteiger partial charge < -0.3 is 19.7 Å². The van der Waals surface area contributed by atoms with E-state index in [4.69, 9.17) is 4.74 Å². The van der Waals surface area contributed by atoms with Gasteiger partial charge in [-0.15, -0.1) is 4.72 Å². The molecule has 1 aliphatic rings. The van der Waals surface area contributed by atoms with Crippen molar-refractivity contribution in [3.63, 3.8) is 0 Å². The first-order valence-corrected chi connectivity index (χ1v) is 14.9. The van der Waals surface area contributed by atoms with Crippen LogP contribution in [0.3, 0.4) is 0 Å². The number of carbonyl (C=O) groups excluding carboxylic acids is 1. The van der Waals surface area contributed by atoms with E-state index in [1.54, 1.807) is 20.8 Å². The Labute approximate surface area is 254 Å². The predicted molar refractivity (Wildman–Crippen MR) is 155 cm³/mol. The fourth-order valence-electron chi connectivity index (χ4n) is 4.47. The summed E-state index contributed by atoms with van der Waals surface area (Å²) in [4.78, 5) is 13.5. The van der Waals surface area contributed by atoms with Crippen LogP contribution >= 0.6 is 0 Å². The Hall–Kier alpha value is -3.26. The number of hydrogen-bond donors (Lipinski definition) is 3. The number of ether oxygens (including phenoxy) is 1. The summed E-state index contributed by atoms with van der Waals surface area (Å²) in [5, 5.41) is 11.9. The fraction of sp³-hybridized carbons (Fsp3) is 0.387. The molecule has 238 valence electrons. The number of benzene rings is 3. The van der Waals surface area contributed by atoms with E-state index in [0.29, 0.717) is 24.5 Å². The summed E-state index contributed by atoms with van der Waals surface area (Å²) in [6.45, 7) is 5.30. The van der Waals surface area contributed by atoms with Gasteiger partial charge in [0.25, 0.3) is 5.91 Å². The molecule has 1 amide bonds. The lowest BCUT2D eigenvalue weighted by Crippen LogP contribution is -2.44. The molecule has 6 nitrogen and oxygen atoms in total. The molecule has 0 bridgehead atoms. The van der Waals surface area contributed by atoms with Crippen molar-refractivity contribution in [3.05, 3.63) is 88.0 Å². The Balaban J connectivity index is 1.75. The highest BCUT2D eigenvalue weighted by Gasteiger charge is 2.40. The highest BCUT2D eigenvalue weighted by Crippen LogP contribution is 2.48. The van der Waals surface area contributed by atoms with Crippen molar-refractivity contribution in [2.24, 2.45) is 0 Å². The molecule has 1 fully saturated rings. The molecule has 3 aromatic carbocycles. The first-order valence-electron chi connectivity index (χ1n) is 13.7. The zero-order valence-electron chi connectivity index (χ0n) is 24.3. The van der Waals surface area contributed by atoms with Crippen LogP contribution in [0.1, 0.15) is 78.2 Å². The molecule has 0 aromatic heterocycles. The van der Waals surface area contributed by atoms with Crippen LogP contribution in [0.4, 0.5) is 32.0 Å². The molecule has 0 spiro atoms. The van der Waals surface area contributed by atoms with E-state index in [2.05, 4.69) is 10.0 Å². The number of aryl methyl sites for hydroxylation is 1. The van der Waals surface area contributed by atoms with Crippen molar-refractivity contribution in [2.45, 2.75) is 69.6 Å². The van der Waals surface area contributed by atoms with Crippen LogP contribution < -0.4 is 14.8 Å². The first-order chi connectivity index (χ1) is 20.5. The molecule has 3 aromatic rings. The number of anilines is 1. The highest BCUT2D eigenvalue weighted by atomic mass is 32.2. The van der Waals surface area contributed by atoms with Crippen LogP contribution in [-0.4, -0.2) is 33.1 Å². The molecule has 3 unspecified atom stereocenters. The summed E-state index contributed by atoms with van der Waals surface area (Å²) in [5.41, 5.74) is -1.70. The Morgan fingerprint density at radius 2 is 1.75 bits per heavy atom. The Bertz CT molecular complexity index is 1520. The highest BCUT2D eigenvalue weighted by molar-refractivity contribution is 7.90. The number of halogens is 6. The van der Waals surface area contributed by atoms with Gasteiger partial charge in [0.05, 0.1) is 17.7 Å². The van der Waals surface area contributed by atoms with E-state index in [1.807, 2.05) is 0 Å². The van der Waals surface area contributed by atoms with Gasteiger partial charge in [-0.1, -0.05) is 0 Å². The third-order valence-electron chi connectivity index (χ3n) is 6.99. The molecular weight excluding hydrogens is 610 g/mol. The molecular formula is C31H32F6N2O4S. The smallest absolute Gasteiger partial charge is 0.416 e. The maximum Gasteiger partial charge on any atom is 0.416 e. The van der Waals surface area contributed by atoms with E-state index < -0.39 is 69.8 Å². The second-order valence-corrected chi connectivity index (χ2v) is 13.6. The molecule has 44 heavy (non-hydrogen) atoms. The van der Waals surface area contributed by atoms with Crippen molar-refractivity contribution < 1.29 is 45.5 Å². The van der Waals surface area contributed by atoms with Crippen molar-refractivity contribution in [3.8, 4) is 11.5 Å². The van der Waals surface area contributed by atoms with Gasteiger partial charge >= 0.3 is 6.18 Å². The van der Waals surface area contributed by atoms with E-state index >= 15 is 0 Å². The van der Waals surface area contributed by atoms with Crippen molar-refractivity contribution >= 4 is 23.0 Å². The van der Waals surface area contributed by atoms with Crippen LogP contribution in [0.15, 0.2) is 48.5 Å². The normalized spacial score (nSPS) is 15.9. The summed E-state index contributed by atoms with van der Waals surface area (Å²) in [5.74, 6) is -3.01. The summed E-state index contributed by atoms with van der Waals surface area (Å²) in [7, 11) is 0. The predicted octanol–water partition coefficient (Wildman–Crippen LogP) is 7.64. The molecule has 1 saturated carbocycles. The van der Waals surface area contributed by atoms with Crippen molar-refractivity contribution in [1.82, 2.24) is 4.72 Å². The van der Waals surface area contributed by atoms with Gasteiger partial charge in [0.15, 0.2) is 0 Å². The largest absolute Gasteiger partial charge is 0.598 e. The maximum absolute atomic E-state index is 14.9. The van der Waals surface area contributed by atoms with Gasteiger partial charge in [0, 0.05) is 22.6 Å². The van der Waals surface area contributed by atoms with Crippen LogP contribution in [-0.2, 0) is 17.5 Å². The minimum absolute atomic E-state index is 0.0355. The van der Waals surface area contributed by atoms with Gasteiger partial charge in [-0.2, -0.15) is 13.2 Å². The molecule has 3 N–H and O–H groups in total. The van der Waals surface area contributed by atoms with E-state index in [9.17, 15) is 40.8 Å². The number of aliphatic hydroxyl groups excluding tert-OH is 1. The quantitative estimate of drug-likeness (QED) is 0.156. The molecule has 1 aliphatic carbocycles. The minimum Gasteiger partial charge on any atom is -0.598 e. The summed E-state index contributed by atoms with van der Waals surface area (Å²) in [6, 6.07) is 6.88. The topological polar surface area (TPSA) is 93.7 Å². The molecule has 0 saturated heterocycles. The zero-order valence-corrected chi connectivity index (χ0v) is 25.1. The lowest BCUT2D eigenvalue weighted by Gasteiger charge is -2.29. The number of nitrogens with one attached hydrogen (secondary N) is 2. The number of alkyl halides is 4. The number of aliphatic hydroxyl groups is 1. The van der Waals surface area contributed by atoms with E-state index in [1.165, 1.54) is 19.1 Å². The SMILES string of the molecule is Cc1cc(F)ccc1Oc1cc(C2CC2)c(C(F)(F)F)cc1C(=O)Nc1ccc(F)c(C(N[S+]([O-])C(C)(C)C)C(F)CO)c1. The third kappa shape index (κ3) is 7.87. The lowest BCUT2D eigenvalue weighted by atomic mass is 9.98. The van der Waals surface area contributed by atoms with Gasteiger partial charge in [-0.25, -0.2) is 13.2 Å². The second kappa shape index (κ2) is 13.0. The molecule has 0 aliphatic heterocycles. The summed E-state index contributed by atoms with van der Waals surface area (Å²) < 4.78 is 106. The number of rotatable bonds is 10. The Kier molecular flexibility index (Phi) is 9.93. The lowest BCUT2D eigenvalue weighted by molar-refractivity contribution is -0.138. The summed E-state index contributed by atoms with van der Waals surface area (Å²) >= 11 is -1.89. The van der Waals surface area contributed by atoms with Gasteiger partial charge in [-0.05, 0) is 106 Å². The second-order valence-electron chi connectivity index (χ2n) is 11.6. The Morgan fingerprint density at radius 3 is 2.32 bits per heavy atom. The van der Waals surface area contributed by atoms with Crippen LogP contribution in [0.5, 0.6) is 11.5 Å². The van der Waals surface area contributed by atoms with Gasteiger partial charge in [-0.3, -0.25) is 4.79 Å². The number of amides is 1. The molecule has 3 atom stereocenters. The van der Waals surface area contributed by atoms with Gasteiger partial charge in [0.2, 0.25) is 0 Å². The minimum atomic E-state index is -4.79. The van der Waals surface area contributed by atoms with Crippen LogP contribution in [0, 0.1) is 18.6 Å². The first kappa shape index (κ1) is 33.6. The van der Waals surface area contributed by atoms with E-state index in [0.717, 1.165) is 30.3 Å². The van der Waals surface area contributed by atoms with Crippen molar-refractivity contribution in [1.29, 1.82) is 0 Å². The number of carbonyl (C=O) groups is 1. The average molecular weight is 643 g/mol. The monoisotopic (exact) mass is 642 g/mol. The maximum atomic E-state index is 14.9. The third-order valence-corrected chi connectivity index (χ3v) is 8.57. The van der Waals surface area contributed by atoms with E-state index in [-0.39, 0.29) is 34.2 Å². The molecule has 4 rings (SSSR count). The van der Waals surface area contributed by atoms with Crippen LogP contribution in [0.25, 0.3) is 0 Å². The van der Waals surface area contributed by atoms with Crippen LogP contribution in [0.2, 0.25) is 0 Å². The summed E-state index contributed by atoms with van der Waals surface area (Å²) in [6.07, 6.45) is -5.83. The zero-order chi connectivity index (χ0) is 32.6. The van der Waals surface area contributed by atoms with Crippen molar-refractivity contribution in [2.75, 3.05) is 11.9 Å². The molecule has 13 heteroatoms.